The molecule has 1 saturated carbocycles. The van der Waals surface area contributed by atoms with Crippen LogP contribution in [0.4, 0.5) is 4.39 Å². The number of rotatable bonds is 5. The zero-order valence-electron chi connectivity index (χ0n) is 16.8. The van der Waals surface area contributed by atoms with Gasteiger partial charge in [-0.05, 0) is 43.5 Å². The molecule has 0 saturated heterocycles. The van der Waals surface area contributed by atoms with Crippen LogP contribution in [0.25, 0.3) is 10.9 Å². The highest BCUT2D eigenvalue weighted by Gasteiger charge is 2.34. The van der Waals surface area contributed by atoms with Crippen LogP contribution in [-0.4, -0.2) is 65.3 Å². The highest BCUT2D eigenvalue weighted by Crippen LogP contribution is 2.25. The van der Waals surface area contributed by atoms with Gasteiger partial charge in [0.1, 0.15) is 18.1 Å². The van der Waals surface area contributed by atoms with Crippen LogP contribution in [0.1, 0.15) is 29.8 Å². The quantitative estimate of drug-likeness (QED) is 0.338. The Bertz CT molecular complexity index is 946. The molecule has 5 N–H and O–H groups in total. The molecule has 1 aromatic carbocycles. The van der Waals surface area contributed by atoms with Crippen LogP contribution in [-0.2, 0) is 19.1 Å². The number of nitrogens with one attached hydrogen (secondary N) is 3. The molecule has 11 heteroatoms. The van der Waals surface area contributed by atoms with Crippen molar-refractivity contribution in [1.82, 2.24) is 15.6 Å². The van der Waals surface area contributed by atoms with Crippen LogP contribution < -0.4 is 10.6 Å². The lowest BCUT2D eigenvalue weighted by atomic mass is 9.83. The second kappa shape index (κ2) is 11.1. The van der Waals surface area contributed by atoms with Crippen LogP contribution in [0.5, 0.6) is 0 Å². The molecule has 1 aliphatic rings. The lowest BCUT2D eigenvalue weighted by Crippen LogP contribution is -2.49. The summed E-state index contributed by atoms with van der Waals surface area (Å²) in [7, 11) is 1.23. The number of esters is 1. The van der Waals surface area contributed by atoms with Crippen LogP contribution in [0.2, 0.25) is 0 Å². The van der Waals surface area contributed by atoms with Crippen molar-refractivity contribution >= 4 is 35.2 Å². The Morgan fingerprint density at radius 3 is 2.65 bits per heavy atom. The molecule has 0 radical (unpaired) electrons. The number of aromatic amines is 1. The van der Waals surface area contributed by atoms with Gasteiger partial charge in [0.2, 0.25) is 5.91 Å². The number of aromatic nitrogens is 1. The smallest absolute Gasteiger partial charge is 0.325 e. The predicted octanol–water partition coefficient (Wildman–Crippen LogP) is 0.556. The second-order valence-electron chi connectivity index (χ2n) is 6.97. The molecule has 3 atom stereocenters. The van der Waals surface area contributed by atoms with Crippen molar-refractivity contribution in [3.05, 3.63) is 35.8 Å². The van der Waals surface area contributed by atoms with Gasteiger partial charge in [0.25, 0.3) is 12.4 Å². The molecule has 1 aromatic heterocycles. The molecule has 31 heavy (non-hydrogen) atoms. The third-order valence-corrected chi connectivity index (χ3v) is 4.97. The van der Waals surface area contributed by atoms with Gasteiger partial charge in [-0.15, -0.1) is 0 Å². The molecular formula is C20H24FN3O7. The Morgan fingerprint density at radius 2 is 2.00 bits per heavy atom. The largest absolute Gasteiger partial charge is 0.483 e. The summed E-state index contributed by atoms with van der Waals surface area (Å²) >= 11 is 0. The highest BCUT2D eigenvalue weighted by atomic mass is 19.1. The third kappa shape index (κ3) is 6.51. The van der Waals surface area contributed by atoms with Crippen molar-refractivity contribution in [2.24, 2.45) is 5.92 Å². The predicted molar refractivity (Wildman–Crippen MR) is 107 cm³/mol. The minimum atomic E-state index is -0.895. The van der Waals surface area contributed by atoms with Crippen molar-refractivity contribution in [3.8, 4) is 0 Å². The molecule has 2 aromatic rings. The number of carboxylic acid groups (broad SMARTS) is 1. The van der Waals surface area contributed by atoms with Crippen molar-refractivity contribution in [1.29, 1.82) is 0 Å². The molecule has 0 bridgehead atoms. The van der Waals surface area contributed by atoms with Gasteiger partial charge in [0, 0.05) is 16.8 Å². The first kappa shape index (κ1) is 23.8. The van der Waals surface area contributed by atoms with Gasteiger partial charge in [0.15, 0.2) is 0 Å². The number of fused-ring (bicyclic) bond motifs is 1. The van der Waals surface area contributed by atoms with Gasteiger partial charge >= 0.3 is 5.97 Å². The van der Waals surface area contributed by atoms with E-state index >= 15 is 0 Å². The van der Waals surface area contributed by atoms with Crippen molar-refractivity contribution in [3.63, 3.8) is 0 Å². The van der Waals surface area contributed by atoms with E-state index in [4.69, 9.17) is 9.90 Å². The van der Waals surface area contributed by atoms with Gasteiger partial charge in [-0.2, -0.15) is 0 Å². The Balaban J connectivity index is 0.00000107. The lowest BCUT2D eigenvalue weighted by Gasteiger charge is -2.32. The average molecular weight is 437 g/mol. The van der Waals surface area contributed by atoms with E-state index in [1.54, 1.807) is 12.1 Å². The number of hydrogen-bond donors (Lipinski definition) is 5. The summed E-state index contributed by atoms with van der Waals surface area (Å²) in [4.78, 5) is 46.9. The first-order chi connectivity index (χ1) is 14.8. The summed E-state index contributed by atoms with van der Waals surface area (Å²) in [5, 5.41) is 23.0. The van der Waals surface area contributed by atoms with E-state index in [-0.39, 0.29) is 31.0 Å². The Hall–Kier alpha value is -3.47. The maximum Gasteiger partial charge on any atom is 0.325 e. The highest BCUT2D eigenvalue weighted by molar-refractivity contribution is 5.98. The van der Waals surface area contributed by atoms with Crippen LogP contribution >= 0.6 is 0 Å². The first-order valence-corrected chi connectivity index (χ1v) is 9.48. The Labute approximate surface area is 176 Å². The zero-order valence-corrected chi connectivity index (χ0v) is 16.8. The molecule has 2 amide bonds. The molecule has 10 nitrogen and oxygen atoms in total. The summed E-state index contributed by atoms with van der Waals surface area (Å²) in [6.45, 7) is -0.469. The summed E-state index contributed by atoms with van der Waals surface area (Å²) in [6, 6.07) is 5.23. The summed E-state index contributed by atoms with van der Waals surface area (Å²) in [5.41, 5.74) is 0.906. The van der Waals surface area contributed by atoms with E-state index in [2.05, 4.69) is 20.4 Å². The van der Waals surface area contributed by atoms with Gasteiger partial charge in [-0.25, -0.2) is 4.39 Å². The van der Waals surface area contributed by atoms with E-state index in [0.29, 0.717) is 23.7 Å². The number of benzene rings is 1. The SMILES string of the molecule is COC(=O)CNC(=O)[C@H]1CC[C@@H](NC(=O)c2cc3cc(F)ccc3[nH]2)[C@H](O)C1.O=CO. The Morgan fingerprint density at radius 1 is 1.29 bits per heavy atom. The monoisotopic (exact) mass is 437 g/mol. The van der Waals surface area contributed by atoms with Gasteiger partial charge in [0.05, 0.1) is 19.3 Å². The number of aliphatic hydroxyl groups is 1. The number of ether oxygens (including phenoxy) is 1. The maximum atomic E-state index is 13.3. The number of carbonyl (C=O) groups is 4. The summed E-state index contributed by atoms with van der Waals surface area (Å²) in [5.74, 6) is -2.12. The number of carbonyl (C=O) groups excluding carboxylic acids is 3. The van der Waals surface area contributed by atoms with Crippen LogP contribution in [0, 0.1) is 11.7 Å². The number of H-pyrrole nitrogens is 1. The van der Waals surface area contributed by atoms with E-state index in [0.717, 1.165) is 0 Å². The standard InChI is InChI=1S/C19H22FN3O5.CH2O2/c1-28-17(25)9-21-18(26)10-2-4-14(16(24)8-10)23-19(27)15-7-11-6-12(20)3-5-13(11)22-15;2-1-3/h3,5-7,10,14,16,22,24H,2,4,8-9H2,1H3,(H,21,26)(H,23,27);1H,(H,2,3)/t10-,14+,16+;/m0./s1. The average Bonchev–Trinajstić information content (AvgIpc) is 3.17. The number of methoxy groups -OCH3 is 1. The molecule has 168 valence electrons. The maximum absolute atomic E-state index is 13.3. The third-order valence-electron chi connectivity index (χ3n) is 4.97. The van der Waals surface area contributed by atoms with E-state index in [1.807, 2.05) is 0 Å². The number of aliphatic hydroxyl groups excluding tert-OH is 1. The van der Waals surface area contributed by atoms with Gasteiger partial charge < -0.3 is 30.6 Å². The van der Waals surface area contributed by atoms with Crippen LogP contribution in [0.3, 0.4) is 0 Å². The topological polar surface area (TPSA) is 158 Å². The summed E-state index contributed by atoms with van der Waals surface area (Å²) in [6.07, 6.45) is 0.161. The van der Waals surface area contributed by atoms with E-state index in [1.165, 1.54) is 19.2 Å². The van der Waals surface area contributed by atoms with Crippen molar-refractivity contribution in [2.45, 2.75) is 31.4 Å². The molecule has 1 aliphatic carbocycles. The van der Waals surface area contributed by atoms with E-state index in [9.17, 15) is 23.9 Å². The number of halogens is 1. The minimum Gasteiger partial charge on any atom is -0.483 e. The number of amides is 2. The first-order valence-electron chi connectivity index (χ1n) is 9.48. The van der Waals surface area contributed by atoms with E-state index < -0.39 is 35.8 Å². The molecule has 3 rings (SSSR count). The zero-order chi connectivity index (χ0) is 23.0. The molecule has 1 heterocycles. The Kier molecular flexibility index (Phi) is 8.50. The van der Waals surface area contributed by atoms with Crippen molar-refractivity contribution < 1.29 is 38.5 Å². The lowest BCUT2D eigenvalue weighted by molar-refractivity contribution is -0.142. The molecule has 0 unspecified atom stereocenters. The minimum absolute atomic E-state index is 0.176. The fourth-order valence-corrected chi connectivity index (χ4v) is 3.40. The molecule has 0 spiro atoms. The van der Waals surface area contributed by atoms with Gasteiger partial charge in [-0.1, -0.05) is 0 Å². The number of hydrogen-bond acceptors (Lipinski definition) is 6. The second-order valence-corrected chi connectivity index (χ2v) is 6.97. The molecule has 0 aliphatic heterocycles. The van der Waals surface area contributed by atoms with Gasteiger partial charge in [-0.3, -0.25) is 19.2 Å². The van der Waals surface area contributed by atoms with Crippen molar-refractivity contribution in [2.75, 3.05) is 13.7 Å². The fraction of sp³-hybridized carbons (Fsp3) is 0.400. The fourth-order valence-electron chi connectivity index (χ4n) is 3.40. The van der Waals surface area contributed by atoms with Crippen LogP contribution in [0.15, 0.2) is 24.3 Å². The normalized spacial score (nSPS) is 20.2. The molecular weight excluding hydrogens is 413 g/mol. The summed E-state index contributed by atoms with van der Waals surface area (Å²) < 4.78 is 17.8. The molecule has 1 fully saturated rings.